The Morgan fingerprint density at radius 3 is 2.84 bits per heavy atom. The lowest BCUT2D eigenvalue weighted by molar-refractivity contribution is 0.171. The fraction of sp³-hybridized carbons (Fsp3) is 0.111. The molecule has 1 heterocycles. The van der Waals surface area contributed by atoms with Crippen molar-refractivity contribution in [2.75, 3.05) is 7.11 Å². The number of amides is 1. The van der Waals surface area contributed by atoms with Gasteiger partial charge in [-0.25, -0.2) is 10.2 Å². The van der Waals surface area contributed by atoms with Gasteiger partial charge in [-0.3, -0.25) is 0 Å². The van der Waals surface area contributed by atoms with Crippen LogP contribution in [0, 0.1) is 0 Å². The number of nitrogens with one attached hydrogen (secondary N) is 1. The lowest BCUT2D eigenvalue weighted by Crippen LogP contribution is -2.16. The van der Waals surface area contributed by atoms with Gasteiger partial charge in [0.1, 0.15) is 0 Å². The molecule has 128 valence electrons. The molecule has 7 heteroatoms. The first-order valence-electron chi connectivity index (χ1n) is 7.47. The van der Waals surface area contributed by atoms with Gasteiger partial charge in [-0.2, -0.15) is 5.10 Å². The molecule has 1 aromatic heterocycles. The van der Waals surface area contributed by atoms with Crippen molar-refractivity contribution in [3.63, 3.8) is 0 Å². The van der Waals surface area contributed by atoms with Gasteiger partial charge in [-0.15, -0.1) is 0 Å². The summed E-state index contributed by atoms with van der Waals surface area (Å²) in [6, 6.07) is 13.4. The van der Waals surface area contributed by atoms with Crippen molar-refractivity contribution in [3.05, 3.63) is 69.8 Å². The second-order valence-electron chi connectivity index (χ2n) is 5.33. The monoisotopic (exact) mass is 375 g/mol. The number of para-hydroxylation sites is 1. The maximum atomic E-state index is 11.1. The summed E-state index contributed by atoms with van der Waals surface area (Å²) in [6.07, 6.45) is 2.92. The first-order valence-corrected chi connectivity index (χ1v) is 8.23. The molecule has 1 N–H and O–H groups in total. The number of carbonyl (C=O) groups excluding carboxylic acids is 1. The zero-order valence-corrected chi connectivity index (χ0v) is 14.9. The van der Waals surface area contributed by atoms with Gasteiger partial charge >= 0.3 is 6.09 Å². The average Bonchev–Trinajstić information content (AvgIpc) is 2.95. The molecule has 0 aliphatic carbocycles. The Hall–Kier alpha value is -2.50. The molecule has 0 radical (unpaired) electrons. The van der Waals surface area contributed by atoms with E-state index in [-0.39, 0.29) is 0 Å². The highest BCUT2D eigenvalue weighted by molar-refractivity contribution is 6.35. The summed E-state index contributed by atoms with van der Waals surface area (Å²) in [4.78, 5) is 11.1. The Morgan fingerprint density at radius 1 is 1.28 bits per heavy atom. The molecule has 25 heavy (non-hydrogen) atoms. The maximum Gasteiger partial charge on any atom is 0.427 e. The van der Waals surface area contributed by atoms with Crippen molar-refractivity contribution in [2.24, 2.45) is 5.10 Å². The highest BCUT2D eigenvalue weighted by Crippen LogP contribution is 2.25. The van der Waals surface area contributed by atoms with Crippen molar-refractivity contribution < 1.29 is 9.53 Å². The number of halogens is 2. The number of aromatic nitrogens is 1. The van der Waals surface area contributed by atoms with Gasteiger partial charge in [0.25, 0.3) is 0 Å². The molecule has 0 aliphatic heterocycles. The molecule has 3 aromatic rings. The first kappa shape index (κ1) is 17.3. The minimum absolute atomic E-state index is 0.592. The molecule has 0 bridgehead atoms. The van der Waals surface area contributed by atoms with Crippen LogP contribution in [-0.2, 0) is 11.3 Å². The number of carbonyl (C=O) groups is 1. The molecule has 0 aliphatic rings. The van der Waals surface area contributed by atoms with Crippen molar-refractivity contribution in [1.29, 1.82) is 0 Å². The largest absolute Gasteiger partial charge is 0.452 e. The first-order chi connectivity index (χ1) is 12.1. The van der Waals surface area contributed by atoms with Gasteiger partial charge in [-0.05, 0) is 23.8 Å². The normalized spacial score (nSPS) is 11.2. The Bertz CT molecular complexity index is 951. The van der Waals surface area contributed by atoms with E-state index >= 15 is 0 Å². The van der Waals surface area contributed by atoms with Crippen LogP contribution in [0.1, 0.15) is 11.1 Å². The lowest BCUT2D eigenvalue weighted by Gasteiger charge is -2.08. The van der Waals surface area contributed by atoms with E-state index in [2.05, 4.69) is 19.8 Å². The Kier molecular flexibility index (Phi) is 5.26. The molecule has 1 amide bonds. The van der Waals surface area contributed by atoms with Gasteiger partial charge in [0.15, 0.2) is 0 Å². The zero-order valence-electron chi connectivity index (χ0n) is 13.4. The highest BCUT2D eigenvalue weighted by Gasteiger charge is 2.09. The third kappa shape index (κ3) is 3.95. The molecule has 5 nitrogen and oxygen atoms in total. The predicted molar refractivity (Wildman–Crippen MR) is 101 cm³/mol. The second kappa shape index (κ2) is 7.59. The Labute approximate surface area is 154 Å². The molecular weight excluding hydrogens is 361 g/mol. The predicted octanol–water partition coefficient (Wildman–Crippen LogP) is 4.69. The second-order valence-corrected chi connectivity index (χ2v) is 6.17. The summed E-state index contributed by atoms with van der Waals surface area (Å²) in [5, 5.41) is 6.15. The van der Waals surface area contributed by atoms with E-state index in [0.29, 0.717) is 16.6 Å². The molecule has 3 rings (SSSR count). The van der Waals surface area contributed by atoms with Crippen LogP contribution in [-0.4, -0.2) is 24.0 Å². The number of nitrogens with zero attached hydrogens (tertiary/aromatic N) is 2. The van der Waals surface area contributed by atoms with Crippen LogP contribution in [0.3, 0.4) is 0 Å². The molecule has 0 fully saturated rings. The number of methoxy groups -OCH3 is 1. The van der Waals surface area contributed by atoms with Crippen molar-refractivity contribution in [3.8, 4) is 0 Å². The molecule has 0 atom stereocenters. The van der Waals surface area contributed by atoms with E-state index in [1.165, 1.54) is 7.11 Å². The smallest absolute Gasteiger partial charge is 0.427 e. The summed E-state index contributed by atoms with van der Waals surface area (Å²) in [5.41, 5.74) is 5.15. The van der Waals surface area contributed by atoms with Gasteiger partial charge in [-0.1, -0.05) is 47.5 Å². The number of hydrogen-bond acceptors (Lipinski definition) is 3. The fourth-order valence-corrected chi connectivity index (χ4v) is 3.01. The molecule has 2 aromatic carbocycles. The highest BCUT2D eigenvalue weighted by atomic mass is 35.5. The zero-order chi connectivity index (χ0) is 17.8. The summed E-state index contributed by atoms with van der Waals surface area (Å²) in [6.45, 7) is 0.592. The molecule has 0 spiro atoms. The SMILES string of the molecule is COC(=O)N/N=C/c1cn(Cc2ccc(Cl)cc2Cl)c2ccccc12. The van der Waals surface area contributed by atoms with Crippen molar-refractivity contribution in [1.82, 2.24) is 9.99 Å². The van der Waals surface area contributed by atoms with E-state index < -0.39 is 6.09 Å². The molecular formula is C18H15Cl2N3O2. The van der Waals surface area contributed by atoms with Crippen LogP contribution in [0.25, 0.3) is 10.9 Å². The van der Waals surface area contributed by atoms with Gasteiger partial charge in [0.05, 0.1) is 13.3 Å². The van der Waals surface area contributed by atoms with E-state index in [4.69, 9.17) is 23.2 Å². The van der Waals surface area contributed by atoms with Gasteiger partial charge in [0.2, 0.25) is 0 Å². The summed E-state index contributed by atoms with van der Waals surface area (Å²) in [7, 11) is 1.28. The summed E-state index contributed by atoms with van der Waals surface area (Å²) in [5.74, 6) is 0. The number of ether oxygens (including phenoxy) is 1. The van der Waals surface area contributed by atoms with Crippen molar-refractivity contribution in [2.45, 2.75) is 6.54 Å². The minimum Gasteiger partial charge on any atom is -0.452 e. The van der Waals surface area contributed by atoms with Crippen LogP contribution < -0.4 is 5.43 Å². The molecule has 0 saturated carbocycles. The van der Waals surface area contributed by atoms with Crippen molar-refractivity contribution >= 4 is 46.4 Å². The van der Waals surface area contributed by atoms with Crippen LogP contribution >= 0.6 is 23.2 Å². The fourth-order valence-electron chi connectivity index (χ4n) is 2.54. The van der Waals surface area contributed by atoms with Gasteiger partial charge in [0, 0.05) is 39.3 Å². The third-order valence-electron chi connectivity index (χ3n) is 3.72. The minimum atomic E-state index is -0.618. The van der Waals surface area contributed by atoms with E-state index in [0.717, 1.165) is 22.0 Å². The Morgan fingerprint density at radius 2 is 2.08 bits per heavy atom. The molecule has 0 saturated heterocycles. The molecule has 0 unspecified atom stereocenters. The number of rotatable bonds is 4. The number of benzene rings is 2. The number of fused-ring (bicyclic) bond motifs is 1. The van der Waals surface area contributed by atoms with Crippen LogP contribution in [0.2, 0.25) is 10.0 Å². The lowest BCUT2D eigenvalue weighted by atomic mass is 10.2. The van der Waals surface area contributed by atoms with Gasteiger partial charge < -0.3 is 9.30 Å². The number of hydrogen-bond donors (Lipinski definition) is 1. The maximum absolute atomic E-state index is 11.1. The Balaban J connectivity index is 1.94. The summed E-state index contributed by atoms with van der Waals surface area (Å²) >= 11 is 12.2. The third-order valence-corrected chi connectivity index (χ3v) is 4.31. The van der Waals surface area contributed by atoms with Crippen LogP contribution in [0.5, 0.6) is 0 Å². The summed E-state index contributed by atoms with van der Waals surface area (Å²) < 4.78 is 6.56. The topological polar surface area (TPSA) is 55.6 Å². The van der Waals surface area contributed by atoms with E-state index in [1.807, 2.05) is 42.6 Å². The van der Waals surface area contributed by atoms with E-state index in [9.17, 15) is 4.79 Å². The van der Waals surface area contributed by atoms with E-state index in [1.54, 1.807) is 12.3 Å². The quantitative estimate of drug-likeness (QED) is 0.531. The standard InChI is InChI=1S/C18H15Cl2N3O2/c1-25-18(24)22-21-9-13-11-23(17-5-3-2-4-15(13)17)10-12-6-7-14(19)8-16(12)20/h2-9,11H,10H2,1H3,(H,22,24)/b21-9+. The average molecular weight is 376 g/mol. The number of hydrazone groups is 1. The van der Waals surface area contributed by atoms with Crippen LogP contribution in [0.4, 0.5) is 4.79 Å². The van der Waals surface area contributed by atoms with Crippen LogP contribution in [0.15, 0.2) is 53.8 Å².